The maximum atomic E-state index is 12.1. The van der Waals surface area contributed by atoms with E-state index in [-0.39, 0.29) is 11.9 Å². The Morgan fingerprint density at radius 2 is 2.16 bits per heavy atom. The summed E-state index contributed by atoms with van der Waals surface area (Å²) in [5.74, 6) is -0.0195. The molecule has 2 aliphatic heterocycles. The molecule has 0 bridgehead atoms. The lowest BCUT2D eigenvalue weighted by atomic mass is 10.1. The Morgan fingerprint density at radius 1 is 1.32 bits per heavy atom. The van der Waals surface area contributed by atoms with Gasteiger partial charge >= 0.3 is 6.03 Å². The van der Waals surface area contributed by atoms with E-state index in [4.69, 9.17) is 0 Å². The van der Waals surface area contributed by atoms with E-state index >= 15 is 0 Å². The summed E-state index contributed by atoms with van der Waals surface area (Å²) >= 11 is 1.62. The lowest BCUT2D eigenvalue weighted by Gasteiger charge is -2.12. The number of fused-ring (bicyclic) bond motifs is 1. The predicted octanol–water partition coefficient (Wildman–Crippen LogP) is 2.56. The fraction of sp³-hybridized carbons (Fsp3) is 0.353. The second-order valence-corrected chi connectivity index (χ2v) is 7.06. The second kappa shape index (κ2) is 6.72. The van der Waals surface area contributed by atoms with Crippen molar-refractivity contribution in [3.63, 3.8) is 0 Å². The number of urea groups is 1. The maximum absolute atomic E-state index is 12.1. The number of hydrogen-bond donors (Lipinski definition) is 3. The first kappa shape index (κ1) is 15.9. The highest BCUT2D eigenvalue weighted by atomic mass is 32.1. The number of carbonyl (C=O) groups is 2. The SMILES string of the molecule is O=C1Cc2cc(NC(=O)NCc3csc(N4CCCC4)n3)ccc2N1. The Balaban J connectivity index is 1.31. The van der Waals surface area contributed by atoms with Crippen LogP contribution in [0.5, 0.6) is 0 Å². The topological polar surface area (TPSA) is 86.4 Å². The summed E-state index contributed by atoms with van der Waals surface area (Å²) in [6.45, 7) is 2.52. The van der Waals surface area contributed by atoms with E-state index in [9.17, 15) is 9.59 Å². The van der Waals surface area contributed by atoms with E-state index < -0.39 is 0 Å². The van der Waals surface area contributed by atoms with Crippen molar-refractivity contribution < 1.29 is 9.59 Å². The standard InChI is InChI=1S/C17H19N5O2S/c23-15-8-11-7-12(3-4-14(11)21-15)19-16(24)18-9-13-10-25-17(20-13)22-5-1-2-6-22/h3-4,7,10H,1-2,5-6,8-9H2,(H,21,23)(H2,18,19,24). The van der Waals surface area contributed by atoms with Gasteiger partial charge in [0.25, 0.3) is 0 Å². The molecule has 3 amide bonds. The van der Waals surface area contributed by atoms with Gasteiger partial charge in [-0.25, -0.2) is 9.78 Å². The molecule has 0 atom stereocenters. The minimum Gasteiger partial charge on any atom is -0.348 e. The Kier molecular flexibility index (Phi) is 4.27. The van der Waals surface area contributed by atoms with Crippen molar-refractivity contribution in [3.8, 4) is 0 Å². The number of nitrogens with zero attached hydrogens (tertiary/aromatic N) is 2. The second-order valence-electron chi connectivity index (χ2n) is 6.22. The summed E-state index contributed by atoms with van der Waals surface area (Å²) in [5, 5.41) is 11.4. The zero-order valence-electron chi connectivity index (χ0n) is 13.7. The van der Waals surface area contributed by atoms with E-state index in [1.165, 1.54) is 12.8 Å². The molecular weight excluding hydrogens is 338 g/mol. The number of aromatic nitrogens is 1. The van der Waals surface area contributed by atoms with Gasteiger partial charge in [0.15, 0.2) is 5.13 Å². The first-order valence-electron chi connectivity index (χ1n) is 8.34. The Labute approximate surface area is 149 Å². The van der Waals surface area contributed by atoms with E-state index in [0.29, 0.717) is 18.7 Å². The fourth-order valence-corrected chi connectivity index (χ4v) is 3.96. The number of rotatable bonds is 4. The number of benzene rings is 1. The summed E-state index contributed by atoms with van der Waals surface area (Å²) in [4.78, 5) is 30.3. The first-order chi connectivity index (χ1) is 12.2. The third-order valence-electron chi connectivity index (χ3n) is 4.33. The molecular formula is C17H19N5O2S. The molecule has 2 aliphatic rings. The van der Waals surface area contributed by atoms with E-state index in [1.54, 1.807) is 23.5 Å². The summed E-state index contributed by atoms with van der Waals surface area (Å²) in [6, 6.07) is 5.12. The molecule has 25 heavy (non-hydrogen) atoms. The van der Waals surface area contributed by atoms with Crippen molar-refractivity contribution in [3.05, 3.63) is 34.8 Å². The Morgan fingerprint density at radius 3 is 3.00 bits per heavy atom. The molecule has 3 N–H and O–H groups in total. The zero-order valence-corrected chi connectivity index (χ0v) is 14.5. The molecule has 4 rings (SSSR count). The molecule has 1 aromatic heterocycles. The van der Waals surface area contributed by atoms with Crippen LogP contribution in [-0.4, -0.2) is 30.0 Å². The van der Waals surface area contributed by atoms with Gasteiger partial charge in [-0.15, -0.1) is 11.3 Å². The van der Waals surface area contributed by atoms with Gasteiger partial charge in [0.05, 0.1) is 18.7 Å². The summed E-state index contributed by atoms with van der Waals surface area (Å²) < 4.78 is 0. The van der Waals surface area contributed by atoms with Crippen molar-refractivity contribution in [2.75, 3.05) is 28.6 Å². The molecule has 0 spiro atoms. The van der Waals surface area contributed by atoms with Crippen molar-refractivity contribution in [2.45, 2.75) is 25.8 Å². The highest BCUT2D eigenvalue weighted by Crippen LogP contribution is 2.26. The van der Waals surface area contributed by atoms with Crippen molar-refractivity contribution >= 4 is 39.8 Å². The fourth-order valence-electron chi connectivity index (χ4n) is 3.08. The minimum absolute atomic E-state index is 0.0195. The Bertz CT molecular complexity index is 813. The highest BCUT2D eigenvalue weighted by Gasteiger charge is 2.18. The lowest BCUT2D eigenvalue weighted by molar-refractivity contribution is -0.115. The number of amides is 3. The molecule has 0 unspecified atom stereocenters. The predicted molar refractivity (Wildman–Crippen MR) is 98.2 cm³/mol. The van der Waals surface area contributed by atoms with Gasteiger partial charge in [0.2, 0.25) is 5.91 Å². The van der Waals surface area contributed by atoms with Gasteiger partial charge < -0.3 is 20.9 Å². The van der Waals surface area contributed by atoms with Gasteiger partial charge in [-0.1, -0.05) is 0 Å². The van der Waals surface area contributed by atoms with E-state index in [1.807, 2.05) is 11.4 Å². The van der Waals surface area contributed by atoms with Gasteiger partial charge in [-0.05, 0) is 36.6 Å². The van der Waals surface area contributed by atoms with Gasteiger partial charge in [0.1, 0.15) is 0 Å². The average Bonchev–Trinajstić information content (AvgIpc) is 3.32. The van der Waals surface area contributed by atoms with Crippen molar-refractivity contribution in [1.29, 1.82) is 0 Å². The molecule has 7 nitrogen and oxygen atoms in total. The molecule has 1 fully saturated rings. The average molecular weight is 357 g/mol. The molecule has 3 heterocycles. The van der Waals surface area contributed by atoms with Crippen LogP contribution >= 0.6 is 11.3 Å². The van der Waals surface area contributed by atoms with Crippen molar-refractivity contribution in [2.24, 2.45) is 0 Å². The molecule has 130 valence electrons. The van der Waals surface area contributed by atoms with Crippen LogP contribution < -0.4 is 20.9 Å². The van der Waals surface area contributed by atoms with Gasteiger partial charge in [-0.2, -0.15) is 0 Å². The van der Waals surface area contributed by atoms with Crippen LogP contribution in [0.15, 0.2) is 23.6 Å². The third-order valence-corrected chi connectivity index (χ3v) is 5.28. The number of anilines is 3. The molecule has 1 aromatic carbocycles. The van der Waals surface area contributed by atoms with Crippen LogP contribution in [0.4, 0.5) is 21.3 Å². The number of nitrogens with one attached hydrogen (secondary N) is 3. The molecule has 8 heteroatoms. The quantitative estimate of drug-likeness (QED) is 0.785. The summed E-state index contributed by atoms with van der Waals surface area (Å²) in [5.41, 5.74) is 3.25. The molecule has 0 radical (unpaired) electrons. The third kappa shape index (κ3) is 3.58. The molecule has 1 saturated heterocycles. The lowest BCUT2D eigenvalue weighted by Crippen LogP contribution is -2.28. The summed E-state index contributed by atoms with van der Waals surface area (Å²) in [6.07, 6.45) is 2.79. The van der Waals surface area contributed by atoms with Crippen LogP contribution in [0.2, 0.25) is 0 Å². The number of thiazole rings is 1. The monoisotopic (exact) mass is 357 g/mol. The molecule has 0 aliphatic carbocycles. The largest absolute Gasteiger partial charge is 0.348 e. The minimum atomic E-state index is -0.284. The molecule has 0 saturated carbocycles. The number of hydrogen-bond acceptors (Lipinski definition) is 5. The summed E-state index contributed by atoms with van der Waals surface area (Å²) in [7, 11) is 0. The Hall–Kier alpha value is -2.61. The van der Waals surface area contributed by atoms with Crippen LogP contribution in [0.25, 0.3) is 0 Å². The molecule has 2 aromatic rings. The van der Waals surface area contributed by atoms with Gasteiger partial charge in [-0.3, -0.25) is 4.79 Å². The normalized spacial score (nSPS) is 15.8. The van der Waals surface area contributed by atoms with Crippen molar-refractivity contribution in [1.82, 2.24) is 10.3 Å². The first-order valence-corrected chi connectivity index (χ1v) is 9.22. The number of carbonyl (C=O) groups excluding carboxylic acids is 2. The zero-order chi connectivity index (χ0) is 17.2. The maximum Gasteiger partial charge on any atom is 0.319 e. The van der Waals surface area contributed by atoms with Crippen LogP contribution in [0.1, 0.15) is 24.1 Å². The van der Waals surface area contributed by atoms with E-state index in [0.717, 1.165) is 35.2 Å². The van der Waals surface area contributed by atoms with Gasteiger partial charge in [0, 0.05) is 29.8 Å². The van der Waals surface area contributed by atoms with Crippen LogP contribution in [-0.2, 0) is 17.8 Å². The highest BCUT2D eigenvalue weighted by molar-refractivity contribution is 7.13. The van der Waals surface area contributed by atoms with Crippen LogP contribution in [0.3, 0.4) is 0 Å². The smallest absolute Gasteiger partial charge is 0.319 e. The van der Waals surface area contributed by atoms with E-state index in [2.05, 4.69) is 25.8 Å². The van der Waals surface area contributed by atoms with Crippen LogP contribution in [0, 0.1) is 0 Å².